The monoisotopic (exact) mass is 367 g/mol. The Labute approximate surface area is 149 Å². The number of amides is 1. The van der Waals surface area contributed by atoms with Crippen molar-refractivity contribution in [2.75, 3.05) is 32.6 Å². The van der Waals surface area contributed by atoms with E-state index >= 15 is 0 Å². The molecule has 1 saturated heterocycles. The maximum Gasteiger partial charge on any atom is 0.282 e. The number of piperidine rings is 1. The maximum atomic E-state index is 12.7. The van der Waals surface area contributed by atoms with Crippen molar-refractivity contribution >= 4 is 21.9 Å². The lowest BCUT2D eigenvalue weighted by atomic mass is 10.0. The van der Waals surface area contributed by atoms with Gasteiger partial charge in [-0.3, -0.25) is 9.69 Å². The fourth-order valence-electron chi connectivity index (χ4n) is 3.49. The van der Waals surface area contributed by atoms with Crippen LogP contribution in [0.1, 0.15) is 48.8 Å². The number of fused-ring (bicyclic) bond motifs is 1. The second-order valence-electron chi connectivity index (χ2n) is 6.83. The molecule has 0 unspecified atom stereocenters. The van der Waals surface area contributed by atoms with Gasteiger partial charge in [0.25, 0.3) is 10.2 Å². The number of hydrogen-bond donors (Lipinski definition) is 0. The molecule has 3 heterocycles. The first kappa shape index (κ1) is 18.2. The fourth-order valence-corrected chi connectivity index (χ4v) is 4.79. The summed E-state index contributed by atoms with van der Waals surface area (Å²) in [5.74, 6) is 1.13. The summed E-state index contributed by atoms with van der Waals surface area (Å²) in [7, 11) is 1.23. The predicted molar refractivity (Wildman–Crippen MR) is 94.4 cm³/mol. The molecule has 138 valence electrons. The predicted octanol–water partition coefficient (Wildman–Crippen LogP) is 1.03. The van der Waals surface area contributed by atoms with E-state index in [2.05, 4.69) is 9.97 Å². The lowest BCUT2D eigenvalue weighted by Crippen LogP contribution is -2.45. The number of anilines is 1. The van der Waals surface area contributed by atoms with Gasteiger partial charge in [-0.15, -0.1) is 0 Å². The van der Waals surface area contributed by atoms with E-state index in [0.29, 0.717) is 37.4 Å². The smallest absolute Gasteiger partial charge is 0.282 e. The molecule has 1 aromatic heterocycles. The van der Waals surface area contributed by atoms with Crippen LogP contribution in [0.25, 0.3) is 0 Å². The minimum Gasteiger partial charge on any atom is -0.300 e. The Bertz CT molecular complexity index is 793. The van der Waals surface area contributed by atoms with E-state index in [9.17, 15) is 13.2 Å². The number of aryl methyl sites for hydroxylation is 1. The molecular weight excluding hydrogens is 342 g/mol. The largest absolute Gasteiger partial charge is 0.300 e. The van der Waals surface area contributed by atoms with E-state index in [-0.39, 0.29) is 5.91 Å². The van der Waals surface area contributed by atoms with Crippen LogP contribution in [0.4, 0.5) is 5.82 Å². The average molecular weight is 367 g/mol. The quantitative estimate of drug-likeness (QED) is 0.796. The molecule has 1 atom stereocenters. The first-order valence-electron chi connectivity index (χ1n) is 8.56. The summed E-state index contributed by atoms with van der Waals surface area (Å²) in [6.45, 7) is 2.36. The Balaban J connectivity index is 2.05. The van der Waals surface area contributed by atoms with E-state index in [1.807, 2.05) is 6.92 Å². The molecule has 0 saturated carbocycles. The fraction of sp³-hybridized carbons (Fsp3) is 0.688. The molecule has 8 nitrogen and oxygen atoms in total. The lowest BCUT2D eigenvalue weighted by molar-refractivity contribution is -0.118. The second-order valence-corrected chi connectivity index (χ2v) is 8.93. The molecule has 0 N–H and O–H groups in total. The molecule has 0 aliphatic carbocycles. The standard InChI is InChI=1S/C16H25N5O3S/c1-11-12-8-9-14(22)20(4)16(12)18-15(17-11)13-7-5-6-10-21(13)25(23,24)19(2)3/h13H,5-10H2,1-4H3/t13-/m0/s1. The topological polar surface area (TPSA) is 86.7 Å². The minimum atomic E-state index is -3.55. The van der Waals surface area contributed by atoms with Gasteiger partial charge in [-0.2, -0.15) is 17.0 Å². The van der Waals surface area contributed by atoms with Gasteiger partial charge < -0.3 is 0 Å². The Morgan fingerprint density at radius 1 is 1.16 bits per heavy atom. The van der Waals surface area contributed by atoms with E-state index in [4.69, 9.17) is 0 Å². The van der Waals surface area contributed by atoms with Crippen LogP contribution >= 0.6 is 0 Å². The van der Waals surface area contributed by atoms with Crippen molar-refractivity contribution in [3.63, 3.8) is 0 Å². The summed E-state index contributed by atoms with van der Waals surface area (Å²) in [4.78, 5) is 22.8. The molecule has 1 fully saturated rings. The van der Waals surface area contributed by atoms with Crippen molar-refractivity contribution in [1.82, 2.24) is 18.6 Å². The molecule has 3 rings (SSSR count). The van der Waals surface area contributed by atoms with E-state index in [0.717, 1.165) is 24.1 Å². The van der Waals surface area contributed by atoms with E-state index in [1.165, 1.54) is 22.7 Å². The molecule has 0 bridgehead atoms. The zero-order valence-corrected chi connectivity index (χ0v) is 16.0. The van der Waals surface area contributed by atoms with Crippen molar-refractivity contribution in [1.29, 1.82) is 0 Å². The van der Waals surface area contributed by atoms with Crippen LogP contribution in [-0.2, 0) is 21.4 Å². The van der Waals surface area contributed by atoms with Crippen LogP contribution < -0.4 is 4.90 Å². The van der Waals surface area contributed by atoms with Gasteiger partial charge in [0.15, 0.2) is 0 Å². The van der Waals surface area contributed by atoms with Crippen molar-refractivity contribution in [3.05, 3.63) is 17.1 Å². The summed E-state index contributed by atoms with van der Waals surface area (Å²) in [6.07, 6.45) is 3.53. The Morgan fingerprint density at radius 3 is 2.56 bits per heavy atom. The molecule has 2 aliphatic rings. The zero-order chi connectivity index (χ0) is 18.4. The summed E-state index contributed by atoms with van der Waals surface area (Å²) in [5, 5.41) is 0. The van der Waals surface area contributed by atoms with Gasteiger partial charge in [0.1, 0.15) is 11.6 Å². The number of aromatic nitrogens is 2. The summed E-state index contributed by atoms with van der Waals surface area (Å²) >= 11 is 0. The van der Waals surface area contributed by atoms with E-state index < -0.39 is 16.3 Å². The Hall–Kier alpha value is -1.58. The van der Waals surface area contributed by atoms with Crippen molar-refractivity contribution in [3.8, 4) is 0 Å². The summed E-state index contributed by atoms with van der Waals surface area (Å²) in [5.41, 5.74) is 1.80. The van der Waals surface area contributed by atoms with Crippen LogP contribution in [0.2, 0.25) is 0 Å². The van der Waals surface area contributed by atoms with Crippen LogP contribution in [0, 0.1) is 6.92 Å². The van der Waals surface area contributed by atoms with Gasteiger partial charge >= 0.3 is 0 Å². The minimum absolute atomic E-state index is 0.0259. The van der Waals surface area contributed by atoms with Gasteiger partial charge in [-0.25, -0.2) is 9.97 Å². The highest BCUT2D eigenvalue weighted by Gasteiger charge is 2.37. The van der Waals surface area contributed by atoms with Gasteiger partial charge in [-0.05, 0) is 26.2 Å². The van der Waals surface area contributed by atoms with Gasteiger partial charge in [0.2, 0.25) is 5.91 Å². The molecule has 1 amide bonds. The molecule has 2 aliphatic heterocycles. The van der Waals surface area contributed by atoms with E-state index in [1.54, 1.807) is 11.9 Å². The summed E-state index contributed by atoms with van der Waals surface area (Å²) in [6, 6.07) is -0.393. The summed E-state index contributed by atoms with van der Waals surface area (Å²) < 4.78 is 28.1. The van der Waals surface area contributed by atoms with Crippen LogP contribution in [-0.4, -0.2) is 60.6 Å². The second kappa shape index (κ2) is 6.62. The Kier molecular flexibility index (Phi) is 4.82. The highest BCUT2D eigenvalue weighted by atomic mass is 32.2. The molecule has 25 heavy (non-hydrogen) atoms. The Morgan fingerprint density at radius 2 is 1.88 bits per heavy atom. The molecular formula is C16H25N5O3S. The normalized spacial score (nSPS) is 22.4. The van der Waals surface area contributed by atoms with Gasteiger partial charge in [0.05, 0.1) is 6.04 Å². The van der Waals surface area contributed by atoms with Crippen LogP contribution in [0.15, 0.2) is 0 Å². The third-order valence-corrected chi connectivity index (χ3v) is 6.95. The third kappa shape index (κ3) is 3.16. The highest BCUT2D eigenvalue weighted by Crippen LogP contribution is 2.35. The zero-order valence-electron chi connectivity index (χ0n) is 15.2. The molecule has 1 aromatic rings. The van der Waals surface area contributed by atoms with Crippen LogP contribution in [0.3, 0.4) is 0 Å². The number of nitrogens with zero attached hydrogens (tertiary/aromatic N) is 5. The third-order valence-electron chi connectivity index (χ3n) is 5.00. The van der Waals surface area contributed by atoms with Gasteiger partial charge in [-0.1, -0.05) is 6.42 Å². The lowest BCUT2D eigenvalue weighted by Gasteiger charge is -2.36. The first-order valence-corrected chi connectivity index (χ1v) is 9.96. The molecule has 0 radical (unpaired) electrons. The molecule has 0 spiro atoms. The number of rotatable bonds is 3. The van der Waals surface area contributed by atoms with Gasteiger partial charge in [0, 0.05) is 45.4 Å². The first-order chi connectivity index (χ1) is 11.7. The highest BCUT2D eigenvalue weighted by molar-refractivity contribution is 7.86. The molecule has 9 heteroatoms. The number of carbonyl (C=O) groups is 1. The van der Waals surface area contributed by atoms with Crippen molar-refractivity contribution in [2.24, 2.45) is 0 Å². The molecule has 0 aromatic carbocycles. The van der Waals surface area contributed by atoms with Crippen LogP contribution in [0.5, 0.6) is 0 Å². The maximum absolute atomic E-state index is 12.7. The van der Waals surface area contributed by atoms with Crippen molar-refractivity contribution < 1.29 is 13.2 Å². The van der Waals surface area contributed by atoms with Crippen molar-refractivity contribution in [2.45, 2.75) is 45.1 Å². The number of hydrogen-bond acceptors (Lipinski definition) is 5. The SMILES string of the molecule is Cc1nc([C@@H]2CCCCN2S(=O)(=O)N(C)C)nc2c1CCC(=O)N2C. The number of carbonyl (C=O) groups excluding carboxylic acids is 1. The average Bonchev–Trinajstić information content (AvgIpc) is 2.58.